The molecule has 0 spiro atoms. The Kier molecular flexibility index (Phi) is 6.36. The number of benzene rings is 2. The number of methoxy groups -OCH3 is 1. The Morgan fingerprint density at radius 3 is 2.78 bits per heavy atom. The molecule has 138 valence electrons. The molecule has 0 bridgehead atoms. The van der Waals surface area contributed by atoms with Crippen molar-refractivity contribution in [1.82, 2.24) is 0 Å². The summed E-state index contributed by atoms with van der Waals surface area (Å²) in [5.41, 5.74) is 1.41. The number of carbonyl (C=O) groups is 1. The summed E-state index contributed by atoms with van der Waals surface area (Å²) in [6.07, 6.45) is 3.46. The molecule has 27 heavy (non-hydrogen) atoms. The normalized spacial score (nSPS) is 15.3. The molecule has 0 atom stereocenters. The number of halogens is 1. The van der Waals surface area contributed by atoms with Gasteiger partial charge in [0.25, 0.3) is 5.91 Å². The lowest BCUT2D eigenvalue weighted by Crippen LogP contribution is -2.27. The minimum Gasteiger partial charge on any atom is -0.495 e. The molecule has 3 rings (SSSR count). The summed E-state index contributed by atoms with van der Waals surface area (Å²) >= 11 is 10.2. The van der Waals surface area contributed by atoms with E-state index in [4.69, 9.17) is 21.7 Å². The van der Waals surface area contributed by atoms with E-state index < -0.39 is 0 Å². The van der Waals surface area contributed by atoms with E-state index in [1.807, 2.05) is 36.4 Å². The minimum atomic E-state index is -0.191. The van der Waals surface area contributed by atoms with Gasteiger partial charge in [0.15, 0.2) is 4.32 Å². The molecule has 1 fully saturated rings. The Bertz CT molecular complexity index is 943. The molecule has 0 aliphatic carbocycles. The highest BCUT2D eigenvalue weighted by atomic mass is 79.9. The molecule has 0 N–H and O–H groups in total. The molecule has 0 saturated carbocycles. The molecule has 0 unspecified atom stereocenters. The number of rotatable bonds is 6. The molecular formula is C20H16BrNO3S2. The lowest BCUT2D eigenvalue weighted by Gasteiger charge is -2.17. The molecule has 1 aliphatic heterocycles. The Balaban J connectivity index is 1.98. The van der Waals surface area contributed by atoms with Crippen LogP contribution in [0.4, 0.5) is 5.69 Å². The number of ether oxygens (including phenoxy) is 2. The largest absolute Gasteiger partial charge is 0.495 e. The fraction of sp³-hybridized carbons (Fsp3) is 0.100. The van der Waals surface area contributed by atoms with Crippen LogP contribution < -0.4 is 14.4 Å². The van der Waals surface area contributed by atoms with Crippen LogP contribution >= 0.6 is 39.9 Å². The third kappa shape index (κ3) is 4.26. The number of para-hydroxylation sites is 2. The van der Waals surface area contributed by atoms with E-state index >= 15 is 0 Å². The Labute approximate surface area is 176 Å². The summed E-state index contributed by atoms with van der Waals surface area (Å²) in [5.74, 6) is 1.07. The first-order chi connectivity index (χ1) is 13.0. The van der Waals surface area contributed by atoms with Crippen molar-refractivity contribution in [2.45, 2.75) is 0 Å². The molecule has 4 nitrogen and oxygen atoms in total. The maximum absolute atomic E-state index is 13.0. The van der Waals surface area contributed by atoms with Gasteiger partial charge in [-0.25, -0.2) is 0 Å². The van der Waals surface area contributed by atoms with Crippen LogP contribution in [-0.4, -0.2) is 23.9 Å². The van der Waals surface area contributed by atoms with Crippen LogP contribution in [-0.2, 0) is 4.79 Å². The van der Waals surface area contributed by atoms with Crippen molar-refractivity contribution in [2.75, 3.05) is 18.6 Å². The van der Waals surface area contributed by atoms with Crippen LogP contribution in [0.3, 0.4) is 0 Å². The van der Waals surface area contributed by atoms with E-state index in [1.165, 1.54) is 16.7 Å². The summed E-state index contributed by atoms with van der Waals surface area (Å²) in [6, 6.07) is 12.9. The molecule has 1 saturated heterocycles. The van der Waals surface area contributed by atoms with Gasteiger partial charge in [-0.05, 0) is 36.4 Å². The van der Waals surface area contributed by atoms with Gasteiger partial charge in [-0.3, -0.25) is 9.69 Å². The molecule has 2 aromatic rings. The zero-order valence-electron chi connectivity index (χ0n) is 14.5. The smallest absolute Gasteiger partial charge is 0.270 e. The van der Waals surface area contributed by atoms with Crippen LogP contribution in [0.5, 0.6) is 11.5 Å². The Morgan fingerprint density at radius 1 is 1.26 bits per heavy atom. The second kappa shape index (κ2) is 8.73. The fourth-order valence-corrected chi connectivity index (χ4v) is 4.20. The number of carbonyl (C=O) groups excluding carboxylic acids is 1. The van der Waals surface area contributed by atoms with Crippen LogP contribution in [0.1, 0.15) is 5.56 Å². The molecule has 1 heterocycles. The highest BCUT2D eigenvalue weighted by Crippen LogP contribution is 2.40. The maximum atomic E-state index is 13.0. The standard InChI is InChI=1S/C20H16BrNO3S2/c1-3-10-25-16-9-8-14(21)11-13(16)12-18-19(23)22(20(26)27-18)15-6-4-5-7-17(15)24-2/h3-9,11-12H,1,10H2,2H3/b18-12+. The third-order valence-electron chi connectivity index (χ3n) is 3.73. The van der Waals surface area contributed by atoms with Crippen molar-refractivity contribution in [3.63, 3.8) is 0 Å². The highest BCUT2D eigenvalue weighted by molar-refractivity contribution is 9.10. The summed E-state index contributed by atoms with van der Waals surface area (Å²) in [6.45, 7) is 4.04. The summed E-state index contributed by atoms with van der Waals surface area (Å²) in [4.78, 5) is 15.0. The zero-order chi connectivity index (χ0) is 19.4. The number of nitrogens with zero attached hydrogens (tertiary/aromatic N) is 1. The van der Waals surface area contributed by atoms with E-state index in [-0.39, 0.29) is 5.91 Å². The molecule has 0 aromatic heterocycles. The molecule has 0 radical (unpaired) electrons. The van der Waals surface area contributed by atoms with Gasteiger partial charge in [-0.15, -0.1) is 0 Å². The number of thioether (sulfide) groups is 1. The van der Waals surface area contributed by atoms with Crippen LogP contribution in [0.2, 0.25) is 0 Å². The highest BCUT2D eigenvalue weighted by Gasteiger charge is 2.35. The first-order valence-corrected chi connectivity index (χ1v) is 10.0. The second-order valence-corrected chi connectivity index (χ2v) is 8.06. The Hall–Kier alpha value is -2.09. The number of amides is 1. The van der Waals surface area contributed by atoms with Gasteiger partial charge in [0.2, 0.25) is 0 Å². The van der Waals surface area contributed by atoms with E-state index in [9.17, 15) is 4.79 Å². The van der Waals surface area contributed by atoms with Gasteiger partial charge in [0.1, 0.15) is 18.1 Å². The van der Waals surface area contributed by atoms with Gasteiger partial charge in [-0.2, -0.15) is 0 Å². The SMILES string of the molecule is C=CCOc1ccc(Br)cc1/C=C1/SC(=S)N(c2ccccc2OC)C1=O. The van der Waals surface area contributed by atoms with Crippen molar-refractivity contribution in [3.8, 4) is 11.5 Å². The maximum Gasteiger partial charge on any atom is 0.270 e. The van der Waals surface area contributed by atoms with Crippen molar-refractivity contribution in [1.29, 1.82) is 0 Å². The van der Waals surface area contributed by atoms with Crippen molar-refractivity contribution < 1.29 is 14.3 Å². The minimum absolute atomic E-state index is 0.191. The summed E-state index contributed by atoms with van der Waals surface area (Å²) < 4.78 is 12.4. The van der Waals surface area contributed by atoms with Gasteiger partial charge in [0, 0.05) is 10.0 Å². The van der Waals surface area contributed by atoms with E-state index in [2.05, 4.69) is 22.5 Å². The van der Waals surface area contributed by atoms with E-state index in [1.54, 1.807) is 25.3 Å². The fourth-order valence-electron chi connectivity index (χ4n) is 2.54. The first-order valence-electron chi connectivity index (χ1n) is 7.99. The lowest BCUT2D eigenvalue weighted by atomic mass is 10.2. The summed E-state index contributed by atoms with van der Waals surface area (Å²) in [5, 5.41) is 0. The van der Waals surface area contributed by atoms with Crippen molar-refractivity contribution in [2.24, 2.45) is 0 Å². The lowest BCUT2D eigenvalue weighted by molar-refractivity contribution is -0.113. The van der Waals surface area contributed by atoms with E-state index in [0.717, 1.165) is 10.0 Å². The third-order valence-corrected chi connectivity index (χ3v) is 5.53. The predicted octanol–water partition coefficient (Wildman–Crippen LogP) is 5.43. The van der Waals surface area contributed by atoms with Crippen LogP contribution in [0.15, 0.2) is 64.5 Å². The molecule has 7 heteroatoms. The zero-order valence-corrected chi connectivity index (χ0v) is 17.7. The second-order valence-electron chi connectivity index (χ2n) is 5.47. The quantitative estimate of drug-likeness (QED) is 0.325. The molecule has 1 aliphatic rings. The topological polar surface area (TPSA) is 38.8 Å². The van der Waals surface area contributed by atoms with Crippen molar-refractivity contribution >= 4 is 61.9 Å². The number of anilines is 1. The van der Waals surface area contributed by atoms with Gasteiger partial charge in [0.05, 0.1) is 17.7 Å². The monoisotopic (exact) mass is 461 g/mol. The van der Waals surface area contributed by atoms with Crippen LogP contribution in [0.25, 0.3) is 6.08 Å². The molecule has 1 amide bonds. The molecule has 2 aromatic carbocycles. The number of hydrogen-bond acceptors (Lipinski definition) is 5. The van der Waals surface area contributed by atoms with Gasteiger partial charge < -0.3 is 9.47 Å². The van der Waals surface area contributed by atoms with Crippen molar-refractivity contribution in [3.05, 3.63) is 70.1 Å². The average molecular weight is 462 g/mol. The predicted molar refractivity (Wildman–Crippen MR) is 118 cm³/mol. The van der Waals surface area contributed by atoms with Gasteiger partial charge >= 0.3 is 0 Å². The summed E-state index contributed by atoms with van der Waals surface area (Å²) in [7, 11) is 1.57. The average Bonchev–Trinajstić information content (AvgIpc) is 2.94. The first kappa shape index (κ1) is 19.7. The van der Waals surface area contributed by atoms with Gasteiger partial charge in [-0.1, -0.05) is 64.7 Å². The number of hydrogen-bond donors (Lipinski definition) is 0. The molecular weight excluding hydrogens is 446 g/mol. The Morgan fingerprint density at radius 2 is 2.04 bits per heavy atom. The number of thiocarbonyl (C=S) groups is 1. The van der Waals surface area contributed by atoms with E-state index in [0.29, 0.717) is 33.0 Å². The van der Waals surface area contributed by atoms with Crippen LogP contribution in [0, 0.1) is 0 Å².